The highest BCUT2D eigenvalue weighted by atomic mass is 35.5. The van der Waals surface area contributed by atoms with Gasteiger partial charge in [0.05, 0.1) is 28.5 Å². The zero-order valence-electron chi connectivity index (χ0n) is 22.7. The first-order valence-electron chi connectivity index (χ1n) is 13.9. The molecule has 1 heterocycles. The number of benzene rings is 3. The zero-order chi connectivity index (χ0) is 29.4. The number of aliphatic carboxylic acids is 1. The number of hydrogen-bond donors (Lipinski definition) is 1. The third-order valence-electron chi connectivity index (χ3n) is 8.65. The highest BCUT2D eigenvalue weighted by Crippen LogP contribution is 2.55. The molecule has 9 heteroatoms. The molecule has 4 unspecified atom stereocenters. The summed E-state index contributed by atoms with van der Waals surface area (Å²) in [5.41, 5.74) is 0.486. The van der Waals surface area contributed by atoms with Crippen molar-refractivity contribution in [3.05, 3.63) is 100 Å². The van der Waals surface area contributed by atoms with Gasteiger partial charge >= 0.3 is 5.97 Å². The molecule has 1 saturated heterocycles. The van der Waals surface area contributed by atoms with Gasteiger partial charge in [0.25, 0.3) is 0 Å². The average Bonchev–Trinajstić information content (AvgIpc) is 3.79. The first-order chi connectivity index (χ1) is 19.5. The van der Waals surface area contributed by atoms with Crippen LogP contribution >= 0.6 is 23.2 Å². The van der Waals surface area contributed by atoms with Crippen LogP contribution in [-0.2, 0) is 19.4 Å². The SMILES string of the molecule is CCC1(CC(=O)O)CC(c2cccc(Cl)c2)C(c2ccc(Cl)cc2)N(C(CS(=O)(=O)c2ccccc2)C2CC2)C1=O. The van der Waals surface area contributed by atoms with Crippen LogP contribution in [0.15, 0.2) is 83.8 Å². The van der Waals surface area contributed by atoms with E-state index in [-0.39, 0.29) is 34.8 Å². The second kappa shape index (κ2) is 11.8. The lowest BCUT2D eigenvalue weighted by atomic mass is 9.65. The van der Waals surface area contributed by atoms with Crippen molar-refractivity contribution < 1.29 is 23.1 Å². The van der Waals surface area contributed by atoms with E-state index in [2.05, 4.69) is 0 Å². The molecule has 2 aliphatic rings. The third-order valence-corrected chi connectivity index (χ3v) is 10.9. The van der Waals surface area contributed by atoms with Gasteiger partial charge in [-0.05, 0) is 79.1 Å². The lowest BCUT2D eigenvalue weighted by Crippen LogP contribution is -2.58. The van der Waals surface area contributed by atoms with E-state index < -0.39 is 33.3 Å². The summed E-state index contributed by atoms with van der Waals surface area (Å²) in [5.74, 6) is -1.94. The van der Waals surface area contributed by atoms with E-state index >= 15 is 0 Å². The number of halogens is 2. The molecule has 0 bridgehead atoms. The summed E-state index contributed by atoms with van der Waals surface area (Å²) in [6.07, 6.45) is 1.85. The maximum absolute atomic E-state index is 14.7. The van der Waals surface area contributed by atoms with Gasteiger partial charge in [0.2, 0.25) is 5.91 Å². The van der Waals surface area contributed by atoms with Crippen molar-refractivity contribution in [1.29, 1.82) is 0 Å². The number of amides is 1. The van der Waals surface area contributed by atoms with Crippen molar-refractivity contribution in [2.24, 2.45) is 11.3 Å². The summed E-state index contributed by atoms with van der Waals surface area (Å²) in [5, 5.41) is 11.0. The summed E-state index contributed by atoms with van der Waals surface area (Å²) in [4.78, 5) is 28.9. The predicted molar refractivity (Wildman–Crippen MR) is 160 cm³/mol. The van der Waals surface area contributed by atoms with Crippen LogP contribution in [0, 0.1) is 11.3 Å². The number of sulfone groups is 1. The van der Waals surface area contributed by atoms with Crippen LogP contribution in [0.4, 0.5) is 0 Å². The quantitative estimate of drug-likeness (QED) is 0.261. The van der Waals surface area contributed by atoms with Gasteiger partial charge in [-0.15, -0.1) is 0 Å². The molecule has 1 N–H and O–H groups in total. The van der Waals surface area contributed by atoms with Crippen LogP contribution in [0.5, 0.6) is 0 Å². The Hall–Kier alpha value is -2.87. The van der Waals surface area contributed by atoms with Crippen LogP contribution in [0.25, 0.3) is 0 Å². The summed E-state index contributed by atoms with van der Waals surface area (Å²) < 4.78 is 27.5. The molecule has 0 spiro atoms. The van der Waals surface area contributed by atoms with E-state index in [1.165, 1.54) is 0 Å². The number of carbonyl (C=O) groups is 2. The van der Waals surface area contributed by atoms with Crippen LogP contribution in [0.3, 0.4) is 0 Å². The minimum Gasteiger partial charge on any atom is -0.481 e. The van der Waals surface area contributed by atoms with Crippen molar-refractivity contribution in [3.63, 3.8) is 0 Å². The topological polar surface area (TPSA) is 91.8 Å². The van der Waals surface area contributed by atoms with Gasteiger partial charge in [0.1, 0.15) is 0 Å². The van der Waals surface area contributed by atoms with Crippen molar-refractivity contribution >= 4 is 44.9 Å². The summed E-state index contributed by atoms with van der Waals surface area (Å²) in [7, 11) is -3.76. The first kappa shape index (κ1) is 29.6. The second-order valence-electron chi connectivity index (χ2n) is 11.3. The number of piperidine rings is 1. The van der Waals surface area contributed by atoms with E-state index in [4.69, 9.17) is 23.2 Å². The summed E-state index contributed by atoms with van der Waals surface area (Å²) in [6.45, 7) is 1.84. The standard InChI is InChI=1S/C32H33Cl2NO5S/c1-2-32(19-29(36)37)18-27(23-7-6-8-25(34)17-23)30(22-13-15-24(33)16-14-22)35(31(32)38)28(21-11-12-21)20-41(39,40)26-9-4-3-5-10-26/h3-10,13-17,21,27-28,30H,2,11-12,18-20H2,1H3,(H,36,37). The van der Waals surface area contributed by atoms with Crippen LogP contribution < -0.4 is 0 Å². The van der Waals surface area contributed by atoms with Gasteiger partial charge in [0, 0.05) is 22.0 Å². The molecule has 4 atom stereocenters. The number of carbonyl (C=O) groups excluding carboxylic acids is 1. The Morgan fingerprint density at radius 3 is 2.24 bits per heavy atom. The second-order valence-corrected chi connectivity index (χ2v) is 14.2. The third kappa shape index (κ3) is 6.18. The highest BCUT2D eigenvalue weighted by molar-refractivity contribution is 7.91. The Morgan fingerprint density at radius 1 is 0.976 bits per heavy atom. The van der Waals surface area contributed by atoms with Gasteiger partial charge < -0.3 is 10.0 Å². The molecule has 1 aliphatic carbocycles. The van der Waals surface area contributed by atoms with E-state index in [9.17, 15) is 23.1 Å². The van der Waals surface area contributed by atoms with E-state index in [0.717, 1.165) is 24.0 Å². The molecule has 1 amide bonds. The fourth-order valence-electron chi connectivity index (χ4n) is 6.39. The van der Waals surface area contributed by atoms with Crippen LogP contribution in [0.1, 0.15) is 62.1 Å². The van der Waals surface area contributed by atoms with E-state index in [1.807, 2.05) is 37.3 Å². The lowest BCUT2D eigenvalue weighted by Gasteiger charge is -2.53. The molecule has 41 heavy (non-hydrogen) atoms. The van der Waals surface area contributed by atoms with E-state index in [0.29, 0.717) is 22.9 Å². The Balaban J connectivity index is 1.71. The van der Waals surface area contributed by atoms with Gasteiger partial charge in [-0.25, -0.2) is 8.42 Å². The molecular weight excluding hydrogens is 581 g/mol. The molecule has 216 valence electrons. The van der Waals surface area contributed by atoms with E-state index in [1.54, 1.807) is 53.4 Å². The van der Waals surface area contributed by atoms with Gasteiger partial charge in [-0.3, -0.25) is 9.59 Å². The van der Waals surface area contributed by atoms with Crippen LogP contribution in [-0.4, -0.2) is 42.1 Å². The molecule has 0 radical (unpaired) electrons. The smallest absolute Gasteiger partial charge is 0.304 e. The molecule has 5 rings (SSSR count). The fourth-order valence-corrected chi connectivity index (χ4v) is 8.36. The molecule has 6 nitrogen and oxygen atoms in total. The largest absolute Gasteiger partial charge is 0.481 e. The van der Waals surface area contributed by atoms with Crippen molar-refractivity contribution in [2.45, 2.75) is 61.9 Å². The highest BCUT2D eigenvalue weighted by Gasteiger charge is 2.56. The van der Waals surface area contributed by atoms with Gasteiger partial charge in [0.15, 0.2) is 9.84 Å². The predicted octanol–water partition coefficient (Wildman–Crippen LogP) is 7.17. The first-order valence-corrected chi connectivity index (χ1v) is 16.3. The Kier molecular flexibility index (Phi) is 8.51. The summed E-state index contributed by atoms with van der Waals surface area (Å²) >= 11 is 12.7. The van der Waals surface area contributed by atoms with Crippen molar-refractivity contribution in [3.8, 4) is 0 Å². The normalized spacial score (nSPS) is 23.8. The minimum atomic E-state index is -3.76. The number of nitrogens with zero attached hydrogens (tertiary/aromatic N) is 1. The van der Waals surface area contributed by atoms with Crippen molar-refractivity contribution in [1.82, 2.24) is 4.90 Å². The molecule has 1 saturated carbocycles. The Labute approximate surface area is 251 Å². The maximum Gasteiger partial charge on any atom is 0.304 e. The number of rotatable bonds is 10. The Morgan fingerprint density at radius 2 is 1.66 bits per heavy atom. The number of carboxylic acids is 1. The zero-order valence-corrected chi connectivity index (χ0v) is 25.1. The lowest BCUT2D eigenvalue weighted by molar-refractivity contribution is -0.162. The molecule has 0 aromatic heterocycles. The fraction of sp³-hybridized carbons (Fsp3) is 0.375. The number of hydrogen-bond acceptors (Lipinski definition) is 4. The van der Waals surface area contributed by atoms with Crippen LogP contribution in [0.2, 0.25) is 10.0 Å². The van der Waals surface area contributed by atoms with Gasteiger partial charge in [-0.1, -0.05) is 72.6 Å². The molecule has 3 aromatic carbocycles. The molecule has 1 aliphatic heterocycles. The van der Waals surface area contributed by atoms with Crippen molar-refractivity contribution in [2.75, 3.05) is 5.75 Å². The average molecular weight is 615 g/mol. The Bertz CT molecular complexity index is 1530. The number of carboxylic acid groups (broad SMARTS) is 1. The monoisotopic (exact) mass is 613 g/mol. The molecule has 3 aromatic rings. The molecule has 2 fully saturated rings. The molecular formula is C32H33Cl2NO5S. The maximum atomic E-state index is 14.7. The number of likely N-dealkylation sites (tertiary alicyclic amines) is 1. The summed E-state index contributed by atoms with van der Waals surface area (Å²) in [6, 6.07) is 21.8. The minimum absolute atomic E-state index is 0.00951. The van der Waals surface area contributed by atoms with Gasteiger partial charge in [-0.2, -0.15) is 0 Å².